The van der Waals surface area contributed by atoms with Crippen molar-refractivity contribution in [2.45, 2.75) is 31.9 Å². The van der Waals surface area contributed by atoms with Gasteiger partial charge in [-0.1, -0.05) is 42.2 Å². The van der Waals surface area contributed by atoms with Gasteiger partial charge in [0.05, 0.1) is 16.4 Å². The Kier molecular flexibility index (Phi) is 7.07. The molecule has 0 aliphatic rings. The highest BCUT2D eigenvalue weighted by atomic mass is 32.1. The number of nitrogens with two attached hydrogens (primary N) is 1. The maximum atomic E-state index is 9.51. The number of benzene rings is 1. The third-order valence-corrected chi connectivity index (χ3v) is 5.82. The molecular formula is C25H25N5OS. The molecule has 4 rings (SSSR count). The maximum Gasteiger partial charge on any atom is 0.162 e. The zero-order valence-corrected chi connectivity index (χ0v) is 18.6. The molecule has 3 aromatic heterocycles. The number of aliphatic hydroxyl groups excluding tert-OH is 1. The molecule has 1 aromatic carbocycles. The molecule has 4 N–H and O–H groups in total. The molecule has 4 aromatic rings. The van der Waals surface area contributed by atoms with Crippen molar-refractivity contribution in [1.82, 2.24) is 15.0 Å². The summed E-state index contributed by atoms with van der Waals surface area (Å²) in [6, 6.07) is 13.9. The van der Waals surface area contributed by atoms with Crippen LogP contribution in [0.3, 0.4) is 0 Å². The molecule has 0 amide bonds. The third kappa shape index (κ3) is 5.48. The minimum absolute atomic E-state index is 0.0583. The van der Waals surface area contributed by atoms with Crippen molar-refractivity contribution < 1.29 is 5.11 Å². The summed E-state index contributed by atoms with van der Waals surface area (Å²) >= 11 is 1.55. The molecule has 162 valence electrons. The smallest absolute Gasteiger partial charge is 0.162 e. The van der Waals surface area contributed by atoms with Gasteiger partial charge in [0.15, 0.2) is 5.82 Å². The largest absolute Gasteiger partial charge is 0.392 e. The Morgan fingerprint density at radius 1 is 1.12 bits per heavy atom. The number of fused-ring (bicyclic) bond motifs is 1. The zero-order chi connectivity index (χ0) is 22.3. The number of aliphatic hydroxyl groups is 1. The summed E-state index contributed by atoms with van der Waals surface area (Å²) in [7, 11) is 0. The molecule has 2 atom stereocenters. The van der Waals surface area contributed by atoms with E-state index in [1.54, 1.807) is 30.7 Å². The summed E-state index contributed by atoms with van der Waals surface area (Å²) < 4.78 is 0.941. The molecule has 0 aliphatic carbocycles. The van der Waals surface area contributed by atoms with Crippen molar-refractivity contribution in [3.63, 3.8) is 0 Å². The van der Waals surface area contributed by atoms with E-state index in [-0.39, 0.29) is 6.04 Å². The fourth-order valence-corrected chi connectivity index (χ4v) is 4.17. The van der Waals surface area contributed by atoms with Crippen LogP contribution in [0.15, 0.2) is 60.2 Å². The van der Waals surface area contributed by atoms with Gasteiger partial charge in [-0.2, -0.15) is 0 Å². The quantitative estimate of drug-likeness (QED) is 0.375. The molecule has 32 heavy (non-hydrogen) atoms. The van der Waals surface area contributed by atoms with E-state index in [9.17, 15) is 5.11 Å². The van der Waals surface area contributed by atoms with Crippen LogP contribution in [0, 0.1) is 11.8 Å². The van der Waals surface area contributed by atoms with Crippen LogP contribution in [-0.4, -0.2) is 38.7 Å². The molecule has 0 radical (unpaired) electrons. The lowest BCUT2D eigenvalue weighted by Crippen LogP contribution is -2.31. The second-order valence-corrected chi connectivity index (χ2v) is 8.52. The summed E-state index contributed by atoms with van der Waals surface area (Å²) in [4.78, 5) is 13.7. The summed E-state index contributed by atoms with van der Waals surface area (Å²) in [5.41, 5.74) is 10.1. The first-order chi connectivity index (χ1) is 15.6. The average Bonchev–Trinajstić information content (AvgIpc) is 3.21. The Balaban J connectivity index is 1.64. The van der Waals surface area contributed by atoms with E-state index >= 15 is 0 Å². The Labute approximate surface area is 191 Å². The number of anilines is 1. The minimum Gasteiger partial charge on any atom is -0.392 e. The topological polar surface area (TPSA) is 97.0 Å². The summed E-state index contributed by atoms with van der Waals surface area (Å²) in [5.74, 6) is 7.54. The van der Waals surface area contributed by atoms with Crippen LogP contribution in [0.5, 0.6) is 0 Å². The standard InChI is InChI=1S/C25H25N5OS/c1-17(31)6-5-9-20-16-32-23-22(20)29-24(19-10-12-27-13-11-19)30-25(23)28-15-21(26)14-18-7-3-2-4-8-18/h2-4,7-8,10-13,16-17,21,31H,6,14-15,26H2,1H3,(H,28,29,30)/t17?,21-/m0/s1. The van der Waals surface area contributed by atoms with E-state index in [0.717, 1.165) is 33.6 Å². The number of pyridine rings is 1. The van der Waals surface area contributed by atoms with Crippen LogP contribution < -0.4 is 11.1 Å². The second kappa shape index (κ2) is 10.3. The van der Waals surface area contributed by atoms with Crippen LogP contribution in [0.2, 0.25) is 0 Å². The van der Waals surface area contributed by atoms with Gasteiger partial charge >= 0.3 is 0 Å². The fourth-order valence-electron chi connectivity index (χ4n) is 3.27. The normalized spacial score (nSPS) is 12.7. The summed E-state index contributed by atoms with van der Waals surface area (Å²) in [6.45, 7) is 2.31. The minimum atomic E-state index is -0.460. The van der Waals surface area contributed by atoms with Crippen LogP contribution in [0.1, 0.15) is 24.5 Å². The highest BCUT2D eigenvalue weighted by molar-refractivity contribution is 7.18. The van der Waals surface area contributed by atoms with Gasteiger partial charge in [0, 0.05) is 42.3 Å². The first-order valence-corrected chi connectivity index (χ1v) is 11.4. The number of nitrogens with zero attached hydrogens (tertiary/aromatic N) is 3. The van der Waals surface area contributed by atoms with Crippen LogP contribution >= 0.6 is 11.3 Å². The number of aromatic nitrogens is 3. The summed E-state index contributed by atoms with van der Waals surface area (Å²) in [5, 5.41) is 14.9. The van der Waals surface area contributed by atoms with Crippen molar-refractivity contribution >= 4 is 27.4 Å². The summed E-state index contributed by atoms with van der Waals surface area (Å²) in [6.07, 6.45) is 4.18. The molecule has 0 aliphatic heterocycles. The van der Waals surface area contributed by atoms with Crippen LogP contribution in [0.4, 0.5) is 5.82 Å². The van der Waals surface area contributed by atoms with E-state index < -0.39 is 6.10 Å². The molecule has 0 spiro atoms. The lowest BCUT2D eigenvalue weighted by molar-refractivity contribution is 0.201. The van der Waals surface area contributed by atoms with E-state index in [1.807, 2.05) is 35.7 Å². The first kappa shape index (κ1) is 21.9. The van der Waals surface area contributed by atoms with Gasteiger partial charge in [-0.25, -0.2) is 9.97 Å². The number of rotatable bonds is 7. The highest BCUT2D eigenvalue weighted by Gasteiger charge is 2.15. The molecule has 0 bridgehead atoms. The van der Waals surface area contributed by atoms with Crippen molar-refractivity contribution in [1.29, 1.82) is 0 Å². The van der Waals surface area contributed by atoms with Crippen molar-refractivity contribution in [3.05, 3.63) is 71.4 Å². The Hall–Kier alpha value is -3.31. The SMILES string of the molecule is CC(O)CC#Cc1csc2c(NC[C@@H](N)Cc3ccccc3)nc(-c3ccncc3)nc12. The highest BCUT2D eigenvalue weighted by Crippen LogP contribution is 2.32. The lowest BCUT2D eigenvalue weighted by atomic mass is 10.1. The number of hydrogen-bond acceptors (Lipinski definition) is 7. The lowest BCUT2D eigenvalue weighted by Gasteiger charge is -2.14. The number of hydrogen-bond donors (Lipinski definition) is 3. The number of nitrogens with one attached hydrogen (secondary N) is 1. The predicted octanol–water partition coefficient (Wildman–Crippen LogP) is 3.86. The Bertz CT molecular complexity index is 1230. The maximum absolute atomic E-state index is 9.51. The molecule has 1 unspecified atom stereocenters. The molecule has 0 saturated carbocycles. The van der Waals surface area contributed by atoms with Gasteiger partial charge in [-0.05, 0) is 31.0 Å². The average molecular weight is 444 g/mol. The first-order valence-electron chi connectivity index (χ1n) is 10.5. The Morgan fingerprint density at radius 2 is 1.91 bits per heavy atom. The van der Waals surface area contributed by atoms with E-state index in [4.69, 9.17) is 15.7 Å². The second-order valence-electron chi connectivity index (χ2n) is 7.64. The van der Waals surface area contributed by atoms with Gasteiger partial charge in [-0.3, -0.25) is 4.98 Å². The van der Waals surface area contributed by atoms with Gasteiger partial charge in [-0.15, -0.1) is 11.3 Å². The van der Waals surface area contributed by atoms with Gasteiger partial charge in [0.1, 0.15) is 11.3 Å². The zero-order valence-electron chi connectivity index (χ0n) is 17.8. The van der Waals surface area contributed by atoms with Gasteiger partial charge in [0.25, 0.3) is 0 Å². The molecule has 0 fully saturated rings. The predicted molar refractivity (Wildman–Crippen MR) is 130 cm³/mol. The molecule has 0 saturated heterocycles. The van der Waals surface area contributed by atoms with E-state index in [2.05, 4.69) is 34.3 Å². The third-order valence-electron chi connectivity index (χ3n) is 4.85. The van der Waals surface area contributed by atoms with Gasteiger partial charge in [0.2, 0.25) is 0 Å². The van der Waals surface area contributed by atoms with Crippen molar-refractivity contribution in [2.24, 2.45) is 5.73 Å². The fraction of sp³-hybridized carbons (Fsp3) is 0.240. The van der Waals surface area contributed by atoms with Crippen LogP contribution in [-0.2, 0) is 6.42 Å². The molecule has 3 heterocycles. The van der Waals surface area contributed by atoms with Crippen molar-refractivity contribution in [2.75, 3.05) is 11.9 Å². The van der Waals surface area contributed by atoms with Gasteiger partial charge < -0.3 is 16.2 Å². The van der Waals surface area contributed by atoms with Crippen molar-refractivity contribution in [3.8, 4) is 23.2 Å². The Morgan fingerprint density at radius 3 is 2.66 bits per heavy atom. The number of thiophene rings is 1. The van der Waals surface area contributed by atoms with Crippen LogP contribution in [0.25, 0.3) is 21.6 Å². The molecule has 7 heteroatoms. The van der Waals surface area contributed by atoms with E-state index in [1.165, 1.54) is 5.56 Å². The molecular weight excluding hydrogens is 418 g/mol. The monoisotopic (exact) mass is 443 g/mol. The molecule has 6 nitrogen and oxygen atoms in total. The van der Waals surface area contributed by atoms with E-state index in [0.29, 0.717) is 18.8 Å².